The van der Waals surface area contributed by atoms with Crippen LogP contribution >= 0.6 is 0 Å². The van der Waals surface area contributed by atoms with Gasteiger partial charge in [0.2, 0.25) is 0 Å². The van der Waals surface area contributed by atoms with Crippen LogP contribution in [0.15, 0.2) is 18.3 Å². The third-order valence-corrected chi connectivity index (χ3v) is 2.75. The number of aromatic amines is 1. The van der Waals surface area contributed by atoms with Gasteiger partial charge in [0.1, 0.15) is 18.2 Å². The van der Waals surface area contributed by atoms with E-state index in [0.717, 1.165) is 28.1 Å². The molecule has 2 N–H and O–H groups in total. The van der Waals surface area contributed by atoms with Gasteiger partial charge in [-0.2, -0.15) is 0 Å². The van der Waals surface area contributed by atoms with Gasteiger partial charge in [0, 0.05) is 5.56 Å². The Morgan fingerprint density at radius 3 is 2.41 bits per heavy atom. The summed E-state index contributed by atoms with van der Waals surface area (Å²) in [7, 11) is 1.68. The fraction of sp³-hybridized carbons (Fsp3) is 0.308. The van der Waals surface area contributed by atoms with Crippen LogP contribution in [-0.4, -0.2) is 22.2 Å². The van der Waals surface area contributed by atoms with Crippen LogP contribution in [0.5, 0.6) is 5.75 Å². The average Bonchev–Trinajstić information content (AvgIpc) is 2.77. The van der Waals surface area contributed by atoms with Crippen LogP contribution in [0.2, 0.25) is 0 Å². The molecular weight excluding hydrogens is 216 g/mol. The second-order valence-electron chi connectivity index (χ2n) is 4.04. The minimum atomic E-state index is -0.0753. The summed E-state index contributed by atoms with van der Waals surface area (Å²) in [5.41, 5.74) is 4.13. The molecule has 0 saturated heterocycles. The molecule has 0 saturated carbocycles. The number of aliphatic hydroxyl groups excluding tert-OH is 1. The van der Waals surface area contributed by atoms with E-state index in [9.17, 15) is 0 Å². The van der Waals surface area contributed by atoms with Gasteiger partial charge >= 0.3 is 0 Å². The van der Waals surface area contributed by atoms with Gasteiger partial charge in [0.05, 0.1) is 19.0 Å². The molecule has 1 aromatic carbocycles. The molecule has 0 fully saturated rings. The van der Waals surface area contributed by atoms with E-state index >= 15 is 0 Å². The number of aromatic nitrogens is 2. The molecule has 0 bridgehead atoms. The topological polar surface area (TPSA) is 58.1 Å². The second-order valence-corrected chi connectivity index (χ2v) is 4.04. The van der Waals surface area contributed by atoms with Crippen molar-refractivity contribution in [2.75, 3.05) is 7.11 Å². The van der Waals surface area contributed by atoms with E-state index in [1.54, 1.807) is 13.3 Å². The Kier molecular flexibility index (Phi) is 3.15. The summed E-state index contributed by atoms with van der Waals surface area (Å²) in [6.45, 7) is 3.95. The lowest BCUT2D eigenvalue weighted by Gasteiger charge is -2.10. The molecule has 0 aliphatic carbocycles. The van der Waals surface area contributed by atoms with E-state index in [-0.39, 0.29) is 6.61 Å². The van der Waals surface area contributed by atoms with E-state index in [0.29, 0.717) is 5.82 Å². The largest absolute Gasteiger partial charge is 0.496 e. The minimum absolute atomic E-state index is 0.0753. The zero-order chi connectivity index (χ0) is 12.4. The number of nitrogens with one attached hydrogen (secondary N) is 1. The molecule has 1 heterocycles. The summed E-state index contributed by atoms with van der Waals surface area (Å²) in [5.74, 6) is 1.49. The number of nitrogens with zero attached hydrogens (tertiary/aromatic N) is 1. The maximum atomic E-state index is 8.98. The molecule has 4 heteroatoms. The Balaban J connectivity index is 2.46. The zero-order valence-electron chi connectivity index (χ0n) is 10.2. The summed E-state index contributed by atoms with van der Waals surface area (Å²) in [4.78, 5) is 7.15. The van der Waals surface area contributed by atoms with Crippen molar-refractivity contribution in [3.05, 3.63) is 35.3 Å². The molecule has 0 amide bonds. The number of hydrogen-bond donors (Lipinski definition) is 2. The van der Waals surface area contributed by atoms with Crippen molar-refractivity contribution < 1.29 is 9.84 Å². The molecule has 0 unspecified atom stereocenters. The summed E-state index contributed by atoms with van der Waals surface area (Å²) in [6.07, 6.45) is 1.73. The predicted octanol–water partition coefficient (Wildman–Crippen LogP) is 2.19. The van der Waals surface area contributed by atoms with Gasteiger partial charge in [-0.3, -0.25) is 0 Å². The fourth-order valence-corrected chi connectivity index (χ4v) is 2.02. The van der Waals surface area contributed by atoms with Crippen LogP contribution in [-0.2, 0) is 6.61 Å². The highest BCUT2D eigenvalue weighted by molar-refractivity contribution is 5.63. The van der Waals surface area contributed by atoms with E-state index in [1.165, 1.54) is 0 Å². The molecule has 0 aliphatic heterocycles. The number of rotatable bonds is 3. The molecule has 90 valence electrons. The van der Waals surface area contributed by atoms with Gasteiger partial charge in [-0.1, -0.05) is 0 Å². The van der Waals surface area contributed by atoms with Crippen molar-refractivity contribution >= 4 is 0 Å². The highest BCUT2D eigenvalue weighted by Gasteiger charge is 2.08. The quantitative estimate of drug-likeness (QED) is 0.852. The fourth-order valence-electron chi connectivity index (χ4n) is 2.02. The van der Waals surface area contributed by atoms with Crippen LogP contribution in [0.4, 0.5) is 0 Å². The highest BCUT2D eigenvalue weighted by Crippen LogP contribution is 2.28. The number of aryl methyl sites for hydroxylation is 2. The normalized spacial score (nSPS) is 10.6. The molecule has 1 aromatic heterocycles. The highest BCUT2D eigenvalue weighted by atomic mass is 16.5. The molecule has 4 nitrogen and oxygen atoms in total. The van der Waals surface area contributed by atoms with Gasteiger partial charge < -0.3 is 14.8 Å². The number of hydrogen-bond acceptors (Lipinski definition) is 3. The molecule has 0 aliphatic rings. The summed E-state index contributed by atoms with van der Waals surface area (Å²) >= 11 is 0. The Bertz CT molecular complexity index is 509. The Hall–Kier alpha value is -1.81. The number of ether oxygens (including phenoxy) is 1. The maximum Gasteiger partial charge on any atom is 0.132 e. The maximum absolute atomic E-state index is 8.98. The van der Waals surface area contributed by atoms with Crippen molar-refractivity contribution in [2.45, 2.75) is 20.5 Å². The Morgan fingerprint density at radius 2 is 1.94 bits per heavy atom. The molecule has 0 spiro atoms. The van der Waals surface area contributed by atoms with Gasteiger partial charge in [0.15, 0.2) is 0 Å². The van der Waals surface area contributed by atoms with Crippen molar-refractivity contribution in [3.63, 3.8) is 0 Å². The first kappa shape index (κ1) is 11.7. The third-order valence-electron chi connectivity index (χ3n) is 2.75. The lowest BCUT2D eigenvalue weighted by Crippen LogP contribution is -1.92. The monoisotopic (exact) mass is 232 g/mol. The molecule has 2 rings (SSSR count). The number of aliphatic hydroxyl groups is 1. The standard InChI is InChI=1S/C13H16N2O2/c1-8-4-10(5-9(2)13(8)17-3)11-6-14-12(7-16)15-11/h4-6,16H,7H2,1-3H3,(H,14,15). The van der Waals surface area contributed by atoms with Gasteiger partial charge in [0.25, 0.3) is 0 Å². The van der Waals surface area contributed by atoms with Crippen LogP contribution in [0, 0.1) is 13.8 Å². The van der Waals surface area contributed by atoms with E-state index in [2.05, 4.69) is 9.97 Å². The summed E-state index contributed by atoms with van der Waals surface area (Å²) < 4.78 is 5.33. The van der Waals surface area contributed by atoms with Crippen molar-refractivity contribution in [2.24, 2.45) is 0 Å². The van der Waals surface area contributed by atoms with Crippen molar-refractivity contribution in [1.82, 2.24) is 9.97 Å². The van der Waals surface area contributed by atoms with Gasteiger partial charge in [-0.25, -0.2) is 4.98 Å². The minimum Gasteiger partial charge on any atom is -0.496 e. The average molecular weight is 232 g/mol. The van der Waals surface area contributed by atoms with Crippen molar-refractivity contribution in [1.29, 1.82) is 0 Å². The van der Waals surface area contributed by atoms with Crippen LogP contribution in [0.3, 0.4) is 0 Å². The Labute approximate surface area is 100 Å². The van der Waals surface area contributed by atoms with E-state index in [1.807, 2.05) is 26.0 Å². The van der Waals surface area contributed by atoms with Crippen molar-refractivity contribution in [3.8, 4) is 17.0 Å². The Morgan fingerprint density at radius 1 is 1.29 bits per heavy atom. The first-order valence-electron chi connectivity index (χ1n) is 5.46. The second kappa shape index (κ2) is 4.59. The molecule has 0 radical (unpaired) electrons. The first-order valence-corrected chi connectivity index (χ1v) is 5.46. The van der Waals surface area contributed by atoms with Crippen LogP contribution in [0.1, 0.15) is 17.0 Å². The van der Waals surface area contributed by atoms with E-state index in [4.69, 9.17) is 9.84 Å². The molecule has 0 atom stereocenters. The number of methoxy groups -OCH3 is 1. The molecule has 2 aromatic rings. The number of imidazole rings is 1. The smallest absolute Gasteiger partial charge is 0.132 e. The predicted molar refractivity (Wildman–Crippen MR) is 66.0 cm³/mol. The van der Waals surface area contributed by atoms with Crippen LogP contribution in [0.25, 0.3) is 11.3 Å². The van der Waals surface area contributed by atoms with Gasteiger partial charge in [-0.05, 0) is 37.1 Å². The third kappa shape index (κ3) is 2.17. The lowest BCUT2D eigenvalue weighted by atomic mass is 10.0. The SMILES string of the molecule is COc1c(C)cc(-c2cnc(CO)[nH]2)cc1C. The molecular formula is C13H16N2O2. The molecule has 17 heavy (non-hydrogen) atoms. The zero-order valence-corrected chi connectivity index (χ0v) is 10.2. The summed E-state index contributed by atoms with van der Waals surface area (Å²) in [6, 6.07) is 4.08. The van der Waals surface area contributed by atoms with E-state index < -0.39 is 0 Å². The summed E-state index contributed by atoms with van der Waals surface area (Å²) in [5, 5.41) is 8.98. The number of H-pyrrole nitrogens is 1. The lowest BCUT2D eigenvalue weighted by molar-refractivity contribution is 0.272. The van der Waals surface area contributed by atoms with Gasteiger partial charge in [-0.15, -0.1) is 0 Å². The van der Waals surface area contributed by atoms with Crippen LogP contribution < -0.4 is 4.74 Å². The first-order chi connectivity index (χ1) is 8.15. The number of benzene rings is 1.